The standard InChI is InChI=1S/C15H13F2NO3S/c1-10-5-4-6-11(9-10)14(19)18-12-7-2-3-8-13(12)22(20,21)15(16)17/h2-9,15H,1H3,(H,18,19). The van der Waals surface area contributed by atoms with Crippen molar-refractivity contribution in [2.45, 2.75) is 17.6 Å². The minimum atomic E-state index is -4.79. The average Bonchev–Trinajstić information content (AvgIpc) is 2.47. The van der Waals surface area contributed by atoms with Crippen LogP contribution in [0.3, 0.4) is 0 Å². The summed E-state index contributed by atoms with van der Waals surface area (Å²) in [5.41, 5.74) is 0.986. The molecule has 0 atom stereocenters. The lowest BCUT2D eigenvalue weighted by molar-refractivity contribution is 0.102. The number of halogens is 2. The number of para-hydroxylation sites is 1. The first-order valence-corrected chi connectivity index (χ1v) is 7.86. The van der Waals surface area contributed by atoms with Crippen LogP contribution in [-0.4, -0.2) is 20.1 Å². The van der Waals surface area contributed by atoms with Crippen LogP contribution in [0.25, 0.3) is 0 Å². The second kappa shape index (κ2) is 6.23. The molecule has 2 aromatic carbocycles. The second-order valence-corrected chi connectivity index (χ2v) is 6.51. The highest BCUT2D eigenvalue weighted by molar-refractivity contribution is 7.91. The third-order valence-corrected chi connectivity index (χ3v) is 4.39. The molecule has 0 aliphatic heterocycles. The molecular weight excluding hydrogens is 312 g/mol. The Bertz CT molecular complexity index is 804. The summed E-state index contributed by atoms with van der Waals surface area (Å²) in [5.74, 6) is -4.12. The Kier molecular flexibility index (Phi) is 4.56. The predicted molar refractivity (Wildman–Crippen MR) is 78.8 cm³/mol. The van der Waals surface area contributed by atoms with Crippen molar-refractivity contribution in [1.82, 2.24) is 0 Å². The monoisotopic (exact) mass is 325 g/mol. The Morgan fingerprint density at radius 3 is 2.41 bits per heavy atom. The summed E-state index contributed by atoms with van der Waals surface area (Å²) in [5, 5.41) is 2.36. The van der Waals surface area contributed by atoms with Crippen LogP contribution in [0.15, 0.2) is 53.4 Å². The van der Waals surface area contributed by atoms with Gasteiger partial charge in [-0.05, 0) is 31.2 Å². The molecule has 0 saturated heterocycles. The molecule has 0 aliphatic rings. The third kappa shape index (κ3) is 3.30. The van der Waals surface area contributed by atoms with Crippen LogP contribution >= 0.6 is 0 Å². The van der Waals surface area contributed by atoms with Crippen LogP contribution in [0.1, 0.15) is 15.9 Å². The molecule has 0 aromatic heterocycles. The summed E-state index contributed by atoms with van der Waals surface area (Å²) in [7, 11) is -4.79. The Morgan fingerprint density at radius 1 is 1.09 bits per heavy atom. The highest BCUT2D eigenvalue weighted by atomic mass is 32.2. The number of anilines is 1. The molecule has 0 bridgehead atoms. The highest BCUT2D eigenvalue weighted by Crippen LogP contribution is 2.26. The lowest BCUT2D eigenvalue weighted by Gasteiger charge is -2.11. The van der Waals surface area contributed by atoms with E-state index in [4.69, 9.17) is 0 Å². The van der Waals surface area contributed by atoms with Crippen molar-refractivity contribution in [2.24, 2.45) is 0 Å². The minimum absolute atomic E-state index is 0.172. The minimum Gasteiger partial charge on any atom is -0.321 e. The Morgan fingerprint density at radius 2 is 1.77 bits per heavy atom. The van der Waals surface area contributed by atoms with Gasteiger partial charge in [-0.1, -0.05) is 29.8 Å². The molecule has 22 heavy (non-hydrogen) atoms. The maximum absolute atomic E-state index is 12.7. The number of carbonyl (C=O) groups is 1. The first-order valence-electron chi connectivity index (χ1n) is 6.31. The lowest BCUT2D eigenvalue weighted by atomic mass is 10.1. The first kappa shape index (κ1) is 16.1. The maximum atomic E-state index is 12.7. The molecule has 0 unspecified atom stereocenters. The number of carbonyl (C=O) groups excluding carboxylic acids is 1. The van der Waals surface area contributed by atoms with Gasteiger partial charge < -0.3 is 5.32 Å². The van der Waals surface area contributed by atoms with Gasteiger partial charge in [-0.3, -0.25) is 4.79 Å². The lowest BCUT2D eigenvalue weighted by Crippen LogP contribution is -2.17. The van der Waals surface area contributed by atoms with Gasteiger partial charge in [0.05, 0.1) is 10.6 Å². The van der Waals surface area contributed by atoms with E-state index in [1.54, 1.807) is 31.2 Å². The van der Waals surface area contributed by atoms with Gasteiger partial charge in [0.25, 0.3) is 5.91 Å². The van der Waals surface area contributed by atoms with Gasteiger partial charge in [-0.25, -0.2) is 8.42 Å². The Balaban J connectivity index is 2.37. The molecule has 0 saturated carbocycles. The number of hydrogen-bond acceptors (Lipinski definition) is 3. The van der Waals surface area contributed by atoms with Crippen LogP contribution in [0.2, 0.25) is 0 Å². The van der Waals surface area contributed by atoms with Crippen molar-refractivity contribution in [3.8, 4) is 0 Å². The van der Waals surface area contributed by atoms with Gasteiger partial charge in [0.15, 0.2) is 0 Å². The van der Waals surface area contributed by atoms with E-state index in [1.807, 2.05) is 0 Å². The van der Waals surface area contributed by atoms with E-state index in [9.17, 15) is 22.0 Å². The zero-order valence-electron chi connectivity index (χ0n) is 11.6. The summed E-state index contributed by atoms with van der Waals surface area (Å²) in [6, 6.07) is 11.7. The summed E-state index contributed by atoms with van der Waals surface area (Å²) in [4.78, 5) is 11.5. The Hall–Kier alpha value is -2.28. The van der Waals surface area contributed by atoms with E-state index < -0.39 is 26.4 Å². The van der Waals surface area contributed by atoms with E-state index in [1.165, 1.54) is 18.2 Å². The van der Waals surface area contributed by atoms with Crippen LogP contribution in [0.4, 0.5) is 14.5 Å². The van der Waals surface area contributed by atoms with Crippen molar-refractivity contribution in [3.05, 3.63) is 59.7 Å². The zero-order valence-corrected chi connectivity index (χ0v) is 12.4. The van der Waals surface area contributed by atoms with E-state index in [0.29, 0.717) is 5.56 Å². The first-order chi connectivity index (χ1) is 10.3. The number of nitrogens with one attached hydrogen (secondary N) is 1. The molecule has 0 spiro atoms. The quantitative estimate of drug-likeness (QED) is 0.938. The number of aryl methyl sites for hydroxylation is 1. The van der Waals surface area contributed by atoms with E-state index in [2.05, 4.69) is 5.32 Å². The molecule has 0 fully saturated rings. The SMILES string of the molecule is Cc1cccc(C(=O)Nc2ccccc2S(=O)(=O)C(F)F)c1. The van der Waals surface area contributed by atoms with Crippen LogP contribution in [-0.2, 0) is 9.84 Å². The fraction of sp³-hybridized carbons (Fsp3) is 0.133. The number of sulfone groups is 1. The highest BCUT2D eigenvalue weighted by Gasteiger charge is 2.29. The topological polar surface area (TPSA) is 63.2 Å². The van der Waals surface area contributed by atoms with Gasteiger partial charge in [0.1, 0.15) is 0 Å². The summed E-state index contributed by atoms with van der Waals surface area (Å²) < 4.78 is 48.6. The largest absolute Gasteiger partial charge is 0.341 e. The van der Waals surface area contributed by atoms with Gasteiger partial charge >= 0.3 is 5.76 Å². The number of rotatable bonds is 4. The number of hydrogen-bond donors (Lipinski definition) is 1. The molecule has 7 heteroatoms. The second-order valence-electron chi connectivity index (χ2n) is 4.63. The van der Waals surface area contributed by atoms with Crippen LogP contribution in [0, 0.1) is 6.92 Å². The maximum Gasteiger partial charge on any atom is 0.341 e. The molecular formula is C15H13F2NO3S. The van der Waals surface area contributed by atoms with E-state index in [0.717, 1.165) is 11.6 Å². The number of benzene rings is 2. The normalized spacial score (nSPS) is 11.5. The third-order valence-electron chi connectivity index (χ3n) is 2.96. The van der Waals surface area contributed by atoms with Crippen molar-refractivity contribution >= 4 is 21.4 Å². The molecule has 1 amide bonds. The fourth-order valence-corrected chi connectivity index (χ4v) is 2.78. The predicted octanol–water partition coefficient (Wildman–Crippen LogP) is 3.24. The number of alkyl halides is 2. The smallest absolute Gasteiger partial charge is 0.321 e. The molecule has 2 aromatic rings. The molecule has 2 rings (SSSR count). The van der Waals surface area contributed by atoms with Crippen molar-refractivity contribution in [3.63, 3.8) is 0 Å². The summed E-state index contributed by atoms with van der Waals surface area (Å²) in [6.45, 7) is 1.80. The molecule has 0 aliphatic carbocycles. The van der Waals surface area contributed by atoms with Crippen LogP contribution in [0.5, 0.6) is 0 Å². The van der Waals surface area contributed by atoms with E-state index in [-0.39, 0.29) is 5.69 Å². The molecule has 1 N–H and O–H groups in total. The number of amides is 1. The van der Waals surface area contributed by atoms with E-state index >= 15 is 0 Å². The van der Waals surface area contributed by atoms with Gasteiger partial charge in [0.2, 0.25) is 9.84 Å². The van der Waals surface area contributed by atoms with Crippen molar-refractivity contribution < 1.29 is 22.0 Å². The van der Waals surface area contributed by atoms with Gasteiger partial charge in [-0.2, -0.15) is 8.78 Å². The molecule has 0 radical (unpaired) electrons. The van der Waals surface area contributed by atoms with Crippen LogP contribution < -0.4 is 5.32 Å². The van der Waals surface area contributed by atoms with Crippen molar-refractivity contribution in [2.75, 3.05) is 5.32 Å². The summed E-state index contributed by atoms with van der Waals surface area (Å²) in [6.07, 6.45) is 0. The Labute approximate surface area is 126 Å². The molecule has 116 valence electrons. The zero-order chi connectivity index (χ0) is 16.3. The fourth-order valence-electron chi connectivity index (χ4n) is 1.89. The van der Waals surface area contributed by atoms with Crippen molar-refractivity contribution in [1.29, 1.82) is 0 Å². The summed E-state index contributed by atoms with van der Waals surface area (Å²) >= 11 is 0. The average molecular weight is 325 g/mol. The molecule has 4 nitrogen and oxygen atoms in total. The molecule has 0 heterocycles. The van der Waals surface area contributed by atoms with Gasteiger partial charge in [-0.15, -0.1) is 0 Å². The van der Waals surface area contributed by atoms with Gasteiger partial charge in [0, 0.05) is 5.56 Å².